The molecule has 21 heavy (non-hydrogen) atoms. The van der Waals surface area contributed by atoms with E-state index < -0.39 is 5.60 Å². The summed E-state index contributed by atoms with van der Waals surface area (Å²) in [5.74, 6) is 0.567. The number of amides is 1. The molecule has 0 N–H and O–H groups in total. The molecule has 2 rings (SSSR count). The van der Waals surface area contributed by atoms with Crippen LogP contribution in [-0.2, 0) is 11.2 Å². The summed E-state index contributed by atoms with van der Waals surface area (Å²) in [7, 11) is 0. The molecule has 1 unspecified atom stereocenters. The van der Waals surface area contributed by atoms with E-state index in [0.717, 1.165) is 18.5 Å². The summed E-state index contributed by atoms with van der Waals surface area (Å²) in [5, 5.41) is 0. The Hall–Kier alpha value is -1.85. The van der Waals surface area contributed by atoms with Crippen molar-refractivity contribution >= 4 is 6.09 Å². The van der Waals surface area contributed by atoms with Crippen LogP contribution in [0.25, 0.3) is 0 Å². The largest absolute Gasteiger partial charge is 0.472 e. The summed E-state index contributed by atoms with van der Waals surface area (Å²) in [6.45, 7) is 8.80. The van der Waals surface area contributed by atoms with Crippen molar-refractivity contribution in [2.45, 2.75) is 52.2 Å². The second kappa shape index (κ2) is 6.28. The Bertz CT molecular complexity index is 499. The van der Waals surface area contributed by atoms with Crippen LogP contribution in [0.2, 0.25) is 0 Å². The van der Waals surface area contributed by atoms with E-state index >= 15 is 0 Å². The molecule has 1 atom stereocenters. The summed E-state index contributed by atoms with van der Waals surface area (Å²) in [5.41, 5.74) is 0.473. The minimum Gasteiger partial charge on any atom is -0.472 e. The molecule has 116 valence electrons. The Labute approximate surface area is 125 Å². The van der Waals surface area contributed by atoms with Crippen molar-refractivity contribution < 1.29 is 14.3 Å². The number of ether oxygens (including phenoxy) is 2. The summed E-state index contributed by atoms with van der Waals surface area (Å²) in [4.78, 5) is 21.9. The highest BCUT2D eigenvalue weighted by Crippen LogP contribution is 2.19. The van der Waals surface area contributed by atoms with Gasteiger partial charge in [-0.05, 0) is 27.2 Å². The number of carbonyl (C=O) groups excluding carboxylic acids is 1. The Morgan fingerprint density at radius 3 is 2.86 bits per heavy atom. The number of aromatic nitrogens is 2. The number of nitrogens with zero attached hydrogens (tertiary/aromatic N) is 3. The van der Waals surface area contributed by atoms with Crippen LogP contribution < -0.4 is 4.74 Å². The summed E-state index contributed by atoms with van der Waals surface area (Å²) < 4.78 is 11.2. The quantitative estimate of drug-likeness (QED) is 0.856. The highest BCUT2D eigenvalue weighted by atomic mass is 16.6. The summed E-state index contributed by atoms with van der Waals surface area (Å²) >= 11 is 0. The molecular formula is C15H23N3O3. The SMILES string of the molecule is CCc1cc(OC2CCN(C(=O)OC(C)(C)C)C2)ncn1. The highest BCUT2D eigenvalue weighted by molar-refractivity contribution is 5.68. The molecule has 1 aromatic rings. The van der Waals surface area contributed by atoms with Crippen LogP contribution in [0, 0.1) is 0 Å². The van der Waals surface area contributed by atoms with Crippen LogP contribution in [-0.4, -0.2) is 45.8 Å². The Morgan fingerprint density at radius 1 is 1.43 bits per heavy atom. The molecular weight excluding hydrogens is 270 g/mol. The fourth-order valence-electron chi connectivity index (χ4n) is 2.12. The maximum atomic E-state index is 12.0. The maximum Gasteiger partial charge on any atom is 0.410 e. The standard InChI is InChI=1S/C15H23N3O3/c1-5-11-8-13(17-10-16-11)20-12-6-7-18(9-12)14(19)21-15(2,3)4/h8,10,12H,5-7,9H2,1-4H3. The predicted octanol–water partition coefficient (Wildman–Crippen LogP) is 2.43. The van der Waals surface area contributed by atoms with E-state index in [0.29, 0.717) is 19.0 Å². The van der Waals surface area contributed by atoms with Gasteiger partial charge in [-0.2, -0.15) is 0 Å². The van der Waals surface area contributed by atoms with Crippen molar-refractivity contribution in [2.24, 2.45) is 0 Å². The number of hydrogen-bond acceptors (Lipinski definition) is 5. The van der Waals surface area contributed by atoms with E-state index in [4.69, 9.17) is 9.47 Å². The molecule has 0 bridgehead atoms. The first-order chi connectivity index (χ1) is 9.87. The maximum absolute atomic E-state index is 12.0. The molecule has 2 heterocycles. The fourth-order valence-corrected chi connectivity index (χ4v) is 2.12. The van der Waals surface area contributed by atoms with Gasteiger partial charge in [0, 0.05) is 24.7 Å². The molecule has 1 aliphatic heterocycles. The molecule has 0 aliphatic carbocycles. The second-order valence-electron chi connectivity index (χ2n) is 6.16. The minimum absolute atomic E-state index is 0.0443. The average molecular weight is 293 g/mol. The zero-order chi connectivity index (χ0) is 15.5. The van der Waals surface area contributed by atoms with Crippen LogP contribution in [0.3, 0.4) is 0 Å². The number of likely N-dealkylation sites (tertiary alicyclic amines) is 1. The van der Waals surface area contributed by atoms with E-state index in [9.17, 15) is 4.79 Å². The molecule has 6 nitrogen and oxygen atoms in total. The number of hydrogen-bond donors (Lipinski definition) is 0. The predicted molar refractivity (Wildman–Crippen MR) is 78.3 cm³/mol. The second-order valence-corrected chi connectivity index (χ2v) is 6.16. The molecule has 1 aliphatic rings. The molecule has 1 fully saturated rings. The van der Waals surface area contributed by atoms with Gasteiger partial charge in [0.25, 0.3) is 0 Å². The Balaban J connectivity index is 1.89. The van der Waals surface area contributed by atoms with Gasteiger partial charge in [-0.15, -0.1) is 0 Å². The lowest BCUT2D eigenvalue weighted by Gasteiger charge is -2.24. The molecule has 0 saturated carbocycles. The van der Waals surface area contributed by atoms with Crippen LogP contribution in [0.15, 0.2) is 12.4 Å². The van der Waals surface area contributed by atoms with E-state index in [1.807, 2.05) is 33.8 Å². The minimum atomic E-state index is -0.474. The lowest BCUT2D eigenvalue weighted by molar-refractivity contribution is 0.0275. The molecule has 1 saturated heterocycles. The number of carbonyl (C=O) groups is 1. The molecule has 0 spiro atoms. The zero-order valence-electron chi connectivity index (χ0n) is 13.1. The summed E-state index contributed by atoms with van der Waals surface area (Å²) in [6.07, 6.45) is 2.80. The van der Waals surface area contributed by atoms with Crippen LogP contribution >= 0.6 is 0 Å². The lowest BCUT2D eigenvalue weighted by Crippen LogP contribution is -2.36. The first-order valence-corrected chi connectivity index (χ1v) is 7.33. The smallest absolute Gasteiger partial charge is 0.410 e. The van der Waals surface area contributed by atoms with Gasteiger partial charge >= 0.3 is 6.09 Å². The monoisotopic (exact) mass is 293 g/mol. The van der Waals surface area contributed by atoms with Gasteiger partial charge in [0.1, 0.15) is 18.0 Å². The molecule has 1 aromatic heterocycles. The first kappa shape index (κ1) is 15.5. The fraction of sp³-hybridized carbons (Fsp3) is 0.667. The van der Waals surface area contributed by atoms with Gasteiger partial charge < -0.3 is 14.4 Å². The molecule has 0 aromatic carbocycles. The molecule has 1 amide bonds. The molecule has 6 heteroatoms. The summed E-state index contributed by atoms with van der Waals surface area (Å²) in [6, 6.07) is 1.84. The van der Waals surface area contributed by atoms with Crippen LogP contribution in [0.1, 0.15) is 39.8 Å². The van der Waals surface area contributed by atoms with E-state index in [1.165, 1.54) is 6.33 Å². The van der Waals surface area contributed by atoms with Gasteiger partial charge in [-0.3, -0.25) is 0 Å². The van der Waals surface area contributed by atoms with Gasteiger partial charge in [0.05, 0.1) is 6.54 Å². The lowest BCUT2D eigenvalue weighted by atomic mass is 10.2. The number of rotatable bonds is 3. The van der Waals surface area contributed by atoms with Crippen molar-refractivity contribution in [2.75, 3.05) is 13.1 Å². The van der Waals surface area contributed by atoms with Gasteiger partial charge in [-0.25, -0.2) is 14.8 Å². The third kappa shape index (κ3) is 4.58. The Kier molecular flexibility index (Phi) is 4.65. The highest BCUT2D eigenvalue weighted by Gasteiger charge is 2.31. The number of aryl methyl sites for hydroxylation is 1. The van der Waals surface area contributed by atoms with Gasteiger partial charge in [0.2, 0.25) is 5.88 Å². The molecule has 0 radical (unpaired) electrons. The van der Waals surface area contributed by atoms with Crippen LogP contribution in [0.4, 0.5) is 4.79 Å². The van der Waals surface area contributed by atoms with Crippen LogP contribution in [0.5, 0.6) is 5.88 Å². The first-order valence-electron chi connectivity index (χ1n) is 7.33. The van der Waals surface area contributed by atoms with Gasteiger partial charge in [-0.1, -0.05) is 6.92 Å². The third-order valence-electron chi connectivity index (χ3n) is 3.14. The normalized spacial score (nSPS) is 18.7. The van der Waals surface area contributed by atoms with Crippen molar-refractivity contribution in [1.29, 1.82) is 0 Å². The van der Waals surface area contributed by atoms with Crippen molar-refractivity contribution in [3.05, 3.63) is 18.1 Å². The van der Waals surface area contributed by atoms with Crippen molar-refractivity contribution in [1.82, 2.24) is 14.9 Å². The topological polar surface area (TPSA) is 64.5 Å². The van der Waals surface area contributed by atoms with Gasteiger partial charge in [0.15, 0.2) is 0 Å². The average Bonchev–Trinajstić information content (AvgIpc) is 2.85. The Morgan fingerprint density at radius 2 is 2.19 bits per heavy atom. The van der Waals surface area contributed by atoms with Crippen molar-refractivity contribution in [3.8, 4) is 5.88 Å². The van der Waals surface area contributed by atoms with E-state index in [-0.39, 0.29) is 12.2 Å². The van der Waals surface area contributed by atoms with Crippen molar-refractivity contribution in [3.63, 3.8) is 0 Å². The van der Waals surface area contributed by atoms with E-state index in [1.54, 1.807) is 4.90 Å². The van der Waals surface area contributed by atoms with E-state index in [2.05, 4.69) is 9.97 Å². The third-order valence-corrected chi connectivity index (χ3v) is 3.14. The zero-order valence-corrected chi connectivity index (χ0v) is 13.1.